The Kier molecular flexibility index (Phi) is 6.97. The van der Waals surface area contributed by atoms with E-state index >= 15 is 0 Å². The van der Waals surface area contributed by atoms with Gasteiger partial charge in [-0.2, -0.15) is 13.2 Å². The van der Waals surface area contributed by atoms with Crippen LogP contribution in [0, 0.1) is 12.8 Å². The number of piperidine rings is 2. The first kappa shape index (κ1) is 21.0. The molecule has 0 aromatic heterocycles. The summed E-state index contributed by atoms with van der Waals surface area (Å²) in [5, 5.41) is 3.33. The minimum Gasteiger partial charge on any atom is -0.338 e. The van der Waals surface area contributed by atoms with E-state index in [0.717, 1.165) is 37.1 Å². The fraction of sp³-hybridized carbons (Fsp3) is 0.632. The molecule has 146 valence electrons. The van der Waals surface area contributed by atoms with Crippen LogP contribution in [0.1, 0.15) is 53.1 Å². The van der Waals surface area contributed by atoms with Crippen LogP contribution in [0.5, 0.6) is 0 Å². The average Bonchev–Trinajstić information content (AvgIpc) is 2.61. The summed E-state index contributed by atoms with van der Waals surface area (Å²) in [6.45, 7) is 4.03. The first-order valence-corrected chi connectivity index (χ1v) is 9.04. The van der Waals surface area contributed by atoms with Crippen molar-refractivity contribution in [2.75, 3.05) is 26.2 Å². The fourth-order valence-electron chi connectivity index (χ4n) is 4.06. The third kappa shape index (κ3) is 4.52. The SMILES string of the molecule is Cc1c(C(=O)N2CCCC(C(F)(F)F)C2)cccc1C1CCNCC1.Cl. The summed E-state index contributed by atoms with van der Waals surface area (Å²) in [4.78, 5) is 14.3. The molecule has 0 saturated carbocycles. The highest BCUT2D eigenvalue weighted by molar-refractivity contribution is 5.96. The van der Waals surface area contributed by atoms with Gasteiger partial charge >= 0.3 is 6.18 Å². The molecule has 1 N–H and O–H groups in total. The number of nitrogens with one attached hydrogen (secondary N) is 1. The van der Waals surface area contributed by atoms with Crippen LogP contribution in [0.4, 0.5) is 13.2 Å². The molecule has 2 saturated heterocycles. The molecule has 7 heteroatoms. The molecule has 0 radical (unpaired) electrons. The molecule has 2 heterocycles. The van der Waals surface area contributed by atoms with Crippen LogP contribution in [-0.2, 0) is 0 Å². The van der Waals surface area contributed by atoms with E-state index in [4.69, 9.17) is 0 Å². The molecule has 0 spiro atoms. The molecule has 1 amide bonds. The monoisotopic (exact) mass is 390 g/mol. The van der Waals surface area contributed by atoms with Gasteiger partial charge in [0.15, 0.2) is 0 Å². The van der Waals surface area contributed by atoms with E-state index < -0.39 is 12.1 Å². The minimum atomic E-state index is -4.23. The maximum Gasteiger partial charge on any atom is 0.393 e. The molecular weight excluding hydrogens is 365 g/mol. The highest BCUT2D eigenvalue weighted by Gasteiger charge is 2.42. The Labute approximate surface area is 158 Å². The van der Waals surface area contributed by atoms with Gasteiger partial charge in [-0.3, -0.25) is 4.79 Å². The largest absolute Gasteiger partial charge is 0.393 e. The number of hydrogen-bond donors (Lipinski definition) is 1. The first-order chi connectivity index (χ1) is 11.9. The fourth-order valence-corrected chi connectivity index (χ4v) is 4.06. The maximum atomic E-state index is 13.0. The Hall–Kier alpha value is -1.27. The maximum absolute atomic E-state index is 13.0. The normalized spacial score (nSPS) is 22.0. The van der Waals surface area contributed by atoms with E-state index in [1.54, 1.807) is 6.07 Å². The molecule has 26 heavy (non-hydrogen) atoms. The molecule has 0 bridgehead atoms. The molecule has 3 nitrogen and oxygen atoms in total. The van der Waals surface area contributed by atoms with Crippen molar-refractivity contribution < 1.29 is 18.0 Å². The highest BCUT2D eigenvalue weighted by atomic mass is 35.5. The minimum absolute atomic E-state index is 0. The molecule has 2 aliphatic heterocycles. The zero-order chi connectivity index (χ0) is 18.0. The Balaban J connectivity index is 0.00000243. The Morgan fingerprint density at radius 2 is 1.88 bits per heavy atom. The summed E-state index contributed by atoms with van der Waals surface area (Å²) in [5.74, 6) is -1.25. The van der Waals surface area contributed by atoms with Crippen molar-refractivity contribution in [2.24, 2.45) is 5.92 Å². The molecule has 2 aliphatic rings. The van der Waals surface area contributed by atoms with E-state index in [9.17, 15) is 18.0 Å². The lowest BCUT2D eigenvalue weighted by Gasteiger charge is -2.34. The molecule has 1 unspecified atom stereocenters. The number of halogens is 4. The smallest absolute Gasteiger partial charge is 0.338 e. The zero-order valence-electron chi connectivity index (χ0n) is 14.9. The van der Waals surface area contributed by atoms with Crippen LogP contribution >= 0.6 is 12.4 Å². The van der Waals surface area contributed by atoms with Gasteiger partial charge in [-0.1, -0.05) is 12.1 Å². The Morgan fingerprint density at radius 3 is 2.54 bits per heavy atom. The summed E-state index contributed by atoms with van der Waals surface area (Å²) in [6.07, 6.45) is -1.66. The van der Waals surface area contributed by atoms with E-state index in [0.29, 0.717) is 24.4 Å². The topological polar surface area (TPSA) is 32.3 Å². The van der Waals surface area contributed by atoms with Crippen molar-refractivity contribution in [2.45, 2.75) is 44.7 Å². The lowest BCUT2D eigenvalue weighted by atomic mass is 9.85. The summed E-state index contributed by atoms with van der Waals surface area (Å²) in [7, 11) is 0. The lowest BCUT2D eigenvalue weighted by Crippen LogP contribution is -2.44. The second-order valence-electron chi connectivity index (χ2n) is 7.18. The number of rotatable bonds is 2. The van der Waals surface area contributed by atoms with E-state index in [2.05, 4.69) is 11.4 Å². The van der Waals surface area contributed by atoms with Gasteiger partial charge in [0.1, 0.15) is 0 Å². The van der Waals surface area contributed by atoms with Crippen LogP contribution < -0.4 is 5.32 Å². The van der Waals surface area contributed by atoms with Crippen LogP contribution in [-0.4, -0.2) is 43.2 Å². The van der Waals surface area contributed by atoms with Crippen LogP contribution in [0.15, 0.2) is 18.2 Å². The van der Waals surface area contributed by atoms with Gasteiger partial charge in [0, 0.05) is 18.7 Å². The Morgan fingerprint density at radius 1 is 1.19 bits per heavy atom. The van der Waals surface area contributed by atoms with Gasteiger partial charge in [-0.25, -0.2) is 0 Å². The summed E-state index contributed by atoms with van der Waals surface area (Å²) < 4.78 is 39.1. The summed E-state index contributed by atoms with van der Waals surface area (Å²) in [6, 6.07) is 5.67. The van der Waals surface area contributed by atoms with Crippen LogP contribution in [0.25, 0.3) is 0 Å². The molecule has 1 aromatic carbocycles. The second-order valence-corrected chi connectivity index (χ2v) is 7.18. The third-order valence-electron chi connectivity index (χ3n) is 5.56. The van der Waals surface area contributed by atoms with Crippen LogP contribution in [0.2, 0.25) is 0 Å². The molecule has 2 fully saturated rings. The number of amides is 1. The van der Waals surface area contributed by atoms with E-state index in [1.807, 2.05) is 13.0 Å². The van der Waals surface area contributed by atoms with Gasteiger partial charge in [-0.05, 0) is 68.8 Å². The highest BCUT2D eigenvalue weighted by Crippen LogP contribution is 2.34. The van der Waals surface area contributed by atoms with Crippen molar-refractivity contribution in [1.82, 2.24) is 10.2 Å². The van der Waals surface area contributed by atoms with Gasteiger partial charge in [0.2, 0.25) is 0 Å². The number of carbonyl (C=O) groups is 1. The lowest BCUT2D eigenvalue weighted by molar-refractivity contribution is -0.184. The van der Waals surface area contributed by atoms with Crippen molar-refractivity contribution in [3.63, 3.8) is 0 Å². The van der Waals surface area contributed by atoms with E-state index in [1.165, 1.54) is 4.90 Å². The van der Waals surface area contributed by atoms with Crippen LogP contribution in [0.3, 0.4) is 0 Å². The molecule has 1 atom stereocenters. The number of alkyl halides is 3. The molecule has 0 aliphatic carbocycles. The Bertz CT molecular complexity index is 630. The number of benzene rings is 1. The first-order valence-electron chi connectivity index (χ1n) is 9.04. The average molecular weight is 391 g/mol. The zero-order valence-corrected chi connectivity index (χ0v) is 15.8. The van der Waals surface area contributed by atoms with Gasteiger partial charge < -0.3 is 10.2 Å². The van der Waals surface area contributed by atoms with Crippen molar-refractivity contribution >= 4 is 18.3 Å². The van der Waals surface area contributed by atoms with Gasteiger partial charge in [-0.15, -0.1) is 12.4 Å². The summed E-state index contributed by atoms with van der Waals surface area (Å²) in [5.41, 5.74) is 2.64. The third-order valence-corrected chi connectivity index (χ3v) is 5.56. The van der Waals surface area contributed by atoms with Crippen molar-refractivity contribution in [1.29, 1.82) is 0 Å². The van der Waals surface area contributed by atoms with Gasteiger partial charge in [0.25, 0.3) is 5.91 Å². The predicted molar refractivity (Wildman–Crippen MR) is 98.0 cm³/mol. The second kappa shape index (κ2) is 8.61. The number of carbonyl (C=O) groups excluding carboxylic acids is 1. The summed E-state index contributed by atoms with van der Waals surface area (Å²) >= 11 is 0. The van der Waals surface area contributed by atoms with Crippen molar-refractivity contribution in [3.8, 4) is 0 Å². The molecule has 1 aromatic rings. The number of likely N-dealkylation sites (tertiary alicyclic amines) is 1. The molecule has 3 rings (SSSR count). The number of nitrogens with zero attached hydrogens (tertiary/aromatic N) is 1. The van der Waals surface area contributed by atoms with Gasteiger partial charge in [0.05, 0.1) is 5.92 Å². The quantitative estimate of drug-likeness (QED) is 0.816. The predicted octanol–water partition coefficient (Wildman–Crippen LogP) is 4.30. The number of hydrogen-bond acceptors (Lipinski definition) is 2. The standard InChI is InChI=1S/C19H25F3N2O.ClH/c1-13-16(14-7-9-23-10-8-14)5-2-6-17(13)18(25)24-11-3-4-15(12-24)19(20,21)22;/h2,5-6,14-15,23H,3-4,7-12H2,1H3;1H. The van der Waals surface area contributed by atoms with E-state index in [-0.39, 0.29) is 31.3 Å². The van der Waals surface area contributed by atoms with Crippen molar-refractivity contribution in [3.05, 3.63) is 34.9 Å². The molecular formula is C19H26ClF3N2O.